The summed E-state index contributed by atoms with van der Waals surface area (Å²) >= 11 is 12.3. The Kier molecular flexibility index (Phi) is 3.86. The summed E-state index contributed by atoms with van der Waals surface area (Å²) in [5, 5.41) is 15.2. The van der Waals surface area contributed by atoms with Gasteiger partial charge >= 0.3 is 0 Å². The molecule has 3 aromatic rings. The number of rotatable bonds is 3. The van der Waals surface area contributed by atoms with Crippen molar-refractivity contribution in [2.45, 2.75) is 6.54 Å². The van der Waals surface area contributed by atoms with E-state index in [0.717, 1.165) is 16.6 Å². The summed E-state index contributed by atoms with van der Waals surface area (Å²) in [5.74, 6) is 0.173. The molecular formula is C16H12Cl2N2O. The van der Waals surface area contributed by atoms with Crippen LogP contribution in [-0.4, -0.2) is 10.1 Å². The summed E-state index contributed by atoms with van der Waals surface area (Å²) < 4.78 is 0. The highest BCUT2D eigenvalue weighted by Gasteiger charge is 2.08. The van der Waals surface area contributed by atoms with Gasteiger partial charge in [-0.05, 0) is 36.4 Å². The lowest BCUT2D eigenvalue weighted by Crippen LogP contribution is -2.01. The molecule has 3 nitrogen and oxygen atoms in total. The first-order valence-electron chi connectivity index (χ1n) is 6.40. The summed E-state index contributed by atoms with van der Waals surface area (Å²) in [4.78, 5) is 4.28. The smallest absolute Gasteiger partial charge is 0.122 e. The van der Waals surface area contributed by atoms with Crippen LogP contribution >= 0.6 is 23.2 Å². The van der Waals surface area contributed by atoms with E-state index in [4.69, 9.17) is 23.2 Å². The van der Waals surface area contributed by atoms with Crippen molar-refractivity contribution in [2.75, 3.05) is 5.32 Å². The average Bonchev–Trinajstić information content (AvgIpc) is 2.49. The topological polar surface area (TPSA) is 45.1 Å². The van der Waals surface area contributed by atoms with Crippen LogP contribution in [0.15, 0.2) is 48.7 Å². The Bertz CT molecular complexity index is 785. The fourth-order valence-electron chi connectivity index (χ4n) is 2.20. The number of benzene rings is 2. The monoisotopic (exact) mass is 318 g/mol. The third kappa shape index (κ3) is 2.75. The fraction of sp³-hybridized carbons (Fsp3) is 0.0625. The van der Waals surface area contributed by atoms with Gasteiger partial charge in [-0.25, -0.2) is 0 Å². The molecular weight excluding hydrogens is 307 g/mol. The number of nitrogens with zero attached hydrogens (tertiary/aromatic N) is 1. The molecule has 0 saturated heterocycles. The lowest BCUT2D eigenvalue weighted by atomic mass is 10.1. The number of aromatic hydroxyl groups is 1. The average molecular weight is 319 g/mol. The SMILES string of the molecule is Oc1cccc(Cl)c1CNc1ccc(Cl)c2ncccc12. The van der Waals surface area contributed by atoms with Gasteiger partial charge in [-0.3, -0.25) is 4.98 Å². The molecule has 1 aromatic heterocycles. The molecule has 0 amide bonds. The summed E-state index contributed by atoms with van der Waals surface area (Å²) in [5.41, 5.74) is 2.29. The number of aromatic nitrogens is 1. The second kappa shape index (κ2) is 5.80. The summed E-state index contributed by atoms with van der Waals surface area (Å²) in [6.45, 7) is 0.414. The number of halogens is 2. The Morgan fingerprint density at radius 1 is 1.00 bits per heavy atom. The van der Waals surface area contributed by atoms with Crippen LogP contribution in [-0.2, 0) is 6.54 Å². The fourth-order valence-corrected chi connectivity index (χ4v) is 2.65. The molecule has 0 unspecified atom stereocenters. The molecule has 0 radical (unpaired) electrons. The Hall–Kier alpha value is -1.97. The van der Waals surface area contributed by atoms with Crippen LogP contribution in [0.2, 0.25) is 10.0 Å². The van der Waals surface area contributed by atoms with Gasteiger partial charge in [0.05, 0.1) is 10.5 Å². The van der Waals surface area contributed by atoms with E-state index in [2.05, 4.69) is 10.3 Å². The standard InChI is InChI=1S/C16H12Cl2N2O/c17-12-4-1-5-15(21)11(12)9-20-14-7-6-13(18)16-10(14)3-2-8-19-16/h1-8,20-21H,9H2. The third-order valence-electron chi connectivity index (χ3n) is 3.27. The van der Waals surface area contributed by atoms with E-state index in [1.165, 1.54) is 0 Å². The Morgan fingerprint density at radius 2 is 1.86 bits per heavy atom. The molecule has 0 aliphatic carbocycles. The third-order valence-corrected chi connectivity index (χ3v) is 3.93. The van der Waals surface area contributed by atoms with E-state index in [1.807, 2.05) is 18.2 Å². The number of nitrogens with one attached hydrogen (secondary N) is 1. The molecule has 0 atom stereocenters. The van der Waals surface area contributed by atoms with Crippen molar-refractivity contribution < 1.29 is 5.11 Å². The first-order chi connectivity index (χ1) is 10.2. The van der Waals surface area contributed by atoms with E-state index in [0.29, 0.717) is 22.2 Å². The maximum Gasteiger partial charge on any atom is 0.122 e. The maximum atomic E-state index is 9.87. The van der Waals surface area contributed by atoms with Crippen LogP contribution in [0.25, 0.3) is 10.9 Å². The van der Waals surface area contributed by atoms with Gasteiger partial charge in [-0.2, -0.15) is 0 Å². The van der Waals surface area contributed by atoms with Crippen LogP contribution in [0.3, 0.4) is 0 Å². The highest BCUT2D eigenvalue weighted by Crippen LogP contribution is 2.30. The number of fused-ring (bicyclic) bond motifs is 1. The zero-order chi connectivity index (χ0) is 14.8. The second-order valence-electron chi connectivity index (χ2n) is 4.59. The Morgan fingerprint density at radius 3 is 2.67 bits per heavy atom. The second-order valence-corrected chi connectivity index (χ2v) is 5.40. The number of anilines is 1. The van der Waals surface area contributed by atoms with E-state index >= 15 is 0 Å². The predicted molar refractivity (Wildman–Crippen MR) is 87.2 cm³/mol. The van der Waals surface area contributed by atoms with E-state index < -0.39 is 0 Å². The van der Waals surface area contributed by atoms with Crippen molar-refractivity contribution in [3.63, 3.8) is 0 Å². The van der Waals surface area contributed by atoms with Crippen LogP contribution in [0.4, 0.5) is 5.69 Å². The molecule has 0 fully saturated rings. The van der Waals surface area contributed by atoms with Gasteiger partial charge in [0.2, 0.25) is 0 Å². The minimum Gasteiger partial charge on any atom is -0.508 e. The number of hydrogen-bond donors (Lipinski definition) is 2. The molecule has 1 heterocycles. The molecule has 0 aliphatic rings. The van der Waals surface area contributed by atoms with E-state index in [-0.39, 0.29) is 5.75 Å². The maximum absolute atomic E-state index is 9.87. The van der Waals surface area contributed by atoms with E-state index in [9.17, 15) is 5.11 Å². The summed E-state index contributed by atoms with van der Waals surface area (Å²) in [7, 11) is 0. The van der Waals surface area contributed by atoms with Gasteiger partial charge in [0.1, 0.15) is 5.75 Å². The van der Waals surface area contributed by atoms with Crippen LogP contribution in [0.5, 0.6) is 5.75 Å². The molecule has 3 rings (SSSR count). The van der Waals surface area contributed by atoms with Crippen molar-refractivity contribution in [2.24, 2.45) is 0 Å². The number of phenolic OH excluding ortho intramolecular Hbond substituents is 1. The Balaban J connectivity index is 1.94. The van der Waals surface area contributed by atoms with Gasteiger partial charge in [-0.15, -0.1) is 0 Å². The summed E-state index contributed by atoms with van der Waals surface area (Å²) in [6, 6.07) is 12.6. The number of pyridine rings is 1. The molecule has 5 heteroatoms. The van der Waals surface area contributed by atoms with Gasteiger partial charge in [0.15, 0.2) is 0 Å². The van der Waals surface area contributed by atoms with Gasteiger partial charge in [0, 0.05) is 34.4 Å². The van der Waals surface area contributed by atoms with Crippen LogP contribution < -0.4 is 5.32 Å². The Labute approximate surface area is 132 Å². The largest absolute Gasteiger partial charge is 0.508 e. The van der Waals surface area contributed by atoms with Gasteiger partial charge in [0.25, 0.3) is 0 Å². The van der Waals surface area contributed by atoms with Crippen molar-refractivity contribution in [1.82, 2.24) is 4.98 Å². The molecule has 0 aliphatic heterocycles. The van der Waals surface area contributed by atoms with Crippen molar-refractivity contribution in [3.8, 4) is 5.75 Å². The molecule has 0 saturated carbocycles. The molecule has 2 N–H and O–H groups in total. The first-order valence-corrected chi connectivity index (χ1v) is 7.16. The quantitative estimate of drug-likeness (QED) is 0.725. The number of phenols is 1. The van der Waals surface area contributed by atoms with Crippen molar-refractivity contribution in [3.05, 3.63) is 64.3 Å². The van der Waals surface area contributed by atoms with E-state index in [1.54, 1.807) is 30.5 Å². The zero-order valence-corrected chi connectivity index (χ0v) is 12.5. The highest BCUT2D eigenvalue weighted by atomic mass is 35.5. The van der Waals surface area contributed by atoms with Crippen molar-refractivity contribution >= 4 is 39.8 Å². The van der Waals surface area contributed by atoms with Gasteiger partial charge in [-0.1, -0.05) is 29.3 Å². The first kappa shape index (κ1) is 14.0. The lowest BCUT2D eigenvalue weighted by molar-refractivity contribution is 0.469. The molecule has 0 spiro atoms. The molecule has 0 bridgehead atoms. The van der Waals surface area contributed by atoms with Crippen LogP contribution in [0.1, 0.15) is 5.56 Å². The van der Waals surface area contributed by atoms with Crippen molar-refractivity contribution in [1.29, 1.82) is 0 Å². The lowest BCUT2D eigenvalue weighted by Gasteiger charge is -2.12. The minimum absolute atomic E-state index is 0.173. The number of hydrogen-bond acceptors (Lipinski definition) is 3. The molecule has 21 heavy (non-hydrogen) atoms. The molecule has 2 aromatic carbocycles. The summed E-state index contributed by atoms with van der Waals surface area (Å²) in [6.07, 6.45) is 1.71. The highest BCUT2D eigenvalue weighted by molar-refractivity contribution is 6.35. The molecule has 106 valence electrons. The zero-order valence-electron chi connectivity index (χ0n) is 11.0. The minimum atomic E-state index is 0.173. The normalized spacial score (nSPS) is 10.8. The predicted octanol–water partition coefficient (Wildman–Crippen LogP) is 4.86. The van der Waals surface area contributed by atoms with Gasteiger partial charge < -0.3 is 10.4 Å². The van der Waals surface area contributed by atoms with Crippen LogP contribution in [0, 0.1) is 0 Å².